The van der Waals surface area contributed by atoms with Crippen molar-refractivity contribution in [2.75, 3.05) is 6.54 Å². The van der Waals surface area contributed by atoms with E-state index in [1.165, 1.54) is 44.9 Å². The number of nitrogens with zero attached hydrogens (tertiary/aromatic N) is 1. The molecule has 0 aromatic heterocycles. The van der Waals surface area contributed by atoms with E-state index in [1.54, 1.807) is 0 Å². The maximum atomic E-state index is 10.6. The van der Waals surface area contributed by atoms with Gasteiger partial charge in [0.1, 0.15) is 0 Å². The smallest absolute Gasteiger partial charge is 0.206 e. The lowest BCUT2D eigenvalue weighted by Crippen LogP contribution is -2.14. The maximum Gasteiger partial charge on any atom is 0.206 e. The molecule has 3 heteroatoms. The van der Waals surface area contributed by atoms with Crippen LogP contribution >= 0.6 is 0 Å². The molecule has 0 aliphatic rings. The van der Waals surface area contributed by atoms with Crippen LogP contribution in [0.5, 0.6) is 0 Å². The van der Waals surface area contributed by atoms with E-state index in [0.717, 1.165) is 19.3 Å². The second kappa shape index (κ2) is 11.9. The largest absolute Gasteiger partial charge is 0.265 e. The first-order valence-electron chi connectivity index (χ1n) is 7.32. The SMILES string of the molecule is CCCCCCCC(CCCCC)C[N+](=O)[O-]. The molecular weight excluding hydrogens is 214 g/mol. The third-order valence-electron chi connectivity index (χ3n) is 3.34. The van der Waals surface area contributed by atoms with Crippen LogP contribution in [0, 0.1) is 16.0 Å². The summed E-state index contributed by atoms with van der Waals surface area (Å²) in [6.07, 6.45) is 11.9. The lowest BCUT2D eigenvalue weighted by molar-refractivity contribution is -0.488. The van der Waals surface area contributed by atoms with Gasteiger partial charge in [0, 0.05) is 10.8 Å². The van der Waals surface area contributed by atoms with Crippen molar-refractivity contribution in [3.05, 3.63) is 10.1 Å². The molecule has 1 atom stereocenters. The normalized spacial score (nSPS) is 12.6. The summed E-state index contributed by atoms with van der Waals surface area (Å²) in [6.45, 7) is 4.56. The molecule has 0 aliphatic carbocycles. The van der Waals surface area contributed by atoms with Gasteiger partial charge in [0.05, 0.1) is 0 Å². The van der Waals surface area contributed by atoms with Crippen molar-refractivity contribution in [1.82, 2.24) is 0 Å². The summed E-state index contributed by atoms with van der Waals surface area (Å²) in [5.74, 6) is 0.318. The predicted molar refractivity (Wildman–Crippen MR) is 72.9 cm³/mol. The predicted octanol–water partition coefficient (Wildman–Crippen LogP) is 4.82. The Bertz CT molecular complexity index is 183. The second-order valence-corrected chi connectivity index (χ2v) is 5.08. The third-order valence-corrected chi connectivity index (χ3v) is 3.34. The number of hydrogen-bond acceptors (Lipinski definition) is 2. The monoisotopic (exact) mass is 243 g/mol. The molecule has 0 saturated carbocycles. The highest BCUT2D eigenvalue weighted by Gasteiger charge is 2.14. The molecule has 0 aliphatic heterocycles. The summed E-state index contributed by atoms with van der Waals surface area (Å²) >= 11 is 0. The zero-order chi connectivity index (χ0) is 12.9. The minimum absolute atomic E-state index is 0.136. The van der Waals surface area contributed by atoms with Crippen LogP contribution in [-0.4, -0.2) is 11.5 Å². The van der Waals surface area contributed by atoms with Crippen molar-refractivity contribution in [2.45, 2.75) is 78.1 Å². The van der Waals surface area contributed by atoms with Gasteiger partial charge in [-0.05, 0) is 12.8 Å². The van der Waals surface area contributed by atoms with E-state index in [1.807, 2.05) is 0 Å². The molecule has 1 unspecified atom stereocenters. The maximum absolute atomic E-state index is 10.6. The summed E-state index contributed by atoms with van der Waals surface area (Å²) in [4.78, 5) is 10.4. The van der Waals surface area contributed by atoms with Crippen LogP contribution in [0.4, 0.5) is 0 Å². The molecule has 102 valence electrons. The molecule has 0 rings (SSSR count). The number of nitro groups is 1. The van der Waals surface area contributed by atoms with Gasteiger partial charge in [0.25, 0.3) is 0 Å². The van der Waals surface area contributed by atoms with Crippen LogP contribution in [0.2, 0.25) is 0 Å². The number of rotatable bonds is 12. The van der Waals surface area contributed by atoms with Crippen molar-refractivity contribution in [3.8, 4) is 0 Å². The van der Waals surface area contributed by atoms with Gasteiger partial charge in [-0.15, -0.1) is 0 Å². The summed E-state index contributed by atoms with van der Waals surface area (Å²) in [6, 6.07) is 0. The van der Waals surface area contributed by atoms with Crippen molar-refractivity contribution in [3.63, 3.8) is 0 Å². The first-order chi connectivity index (χ1) is 8.20. The molecule has 17 heavy (non-hydrogen) atoms. The van der Waals surface area contributed by atoms with Gasteiger partial charge in [-0.2, -0.15) is 0 Å². The van der Waals surface area contributed by atoms with E-state index in [0.29, 0.717) is 5.92 Å². The summed E-state index contributed by atoms with van der Waals surface area (Å²) in [7, 11) is 0. The van der Waals surface area contributed by atoms with E-state index >= 15 is 0 Å². The minimum atomic E-state index is -0.136. The molecular formula is C14H29NO2. The molecule has 0 aromatic rings. The lowest BCUT2D eigenvalue weighted by atomic mass is 9.95. The van der Waals surface area contributed by atoms with E-state index in [9.17, 15) is 10.1 Å². The van der Waals surface area contributed by atoms with Gasteiger partial charge in [0.15, 0.2) is 0 Å². The summed E-state index contributed by atoms with van der Waals surface area (Å²) in [5.41, 5.74) is 0. The van der Waals surface area contributed by atoms with Crippen LogP contribution in [0.25, 0.3) is 0 Å². The molecule has 0 aromatic carbocycles. The molecule has 0 spiro atoms. The highest BCUT2D eigenvalue weighted by Crippen LogP contribution is 2.18. The fourth-order valence-corrected chi connectivity index (χ4v) is 2.26. The Hall–Kier alpha value is -0.600. The Morgan fingerprint density at radius 3 is 1.88 bits per heavy atom. The molecule has 0 saturated heterocycles. The Balaban J connectivity index is 3.65. The Morgan fingerprint density at radius 2 is 1.35 bits per heavy atom. The highest BCUT2D eigenvalue weighted by atomic mass is 16.6. The second-order valence-electron chi connectivity index (χ2n) is 5.08. The van der Waals surface area contributed by atoms with E-state index in [2.05, 4.69) is 13.8 Å². The Morgan fingerprint density at radius 1 is 0.882 bits per heavy atom. The van der Waals surface area contributed by atoms with Gasteiger partial charge >= 0.3 is 0 Å². The van der Waals surface area contributed by atoms with Gasteiger partial charge in [-0.3, -0.25) is 10.1 Å². The van der Waals surface area contributed by atoms with E-state index in [4.69, 9.17) is 0 Å². The van der Waals surface area contributed by atoms with Crippen LogP contribution in [-0.2, 0) is 0 Å². The summed E-state index contributed by atoms with van der Waals surface area (Å²) < 4.78 is 0. The van der Waals surface area contributed by atoms with Crippen LogP contribution in [0.1, 0.15) is 78.1 Å². The van der Waals surface area contributed by atoms with E-state index < -0.39 is 0 Å². The minimum Gasteiger partial charge on any atom is -0.265 e. The van der Waals surface area contributed by atoms with E-state index in [-0.39, 0.29) is 11.5 Å². The molecule has 0 bridgehead atoms. The van der Waals surface area contributed by atoms with Crippen molar-refractivity contribution in [1.29, 1.82) is 0 Å². The molecule has 0 radical (unpaired) electrons. The Labute approximate surface area is 106 Å². The zero-order valence-electron chi connectivity index (χ0n) is 11.6. The molecule has 0 amide bonds. The first-order valence-corrected chi connectivity index (χ1v) is 7.32. The summed E-state index contributed by atoms with van der Waals surface area (Å²) in [5, 5.41) is 10.6. The number of hydrogen-bond donors (Lipinski definition) is 0. The average molecular weight is 243 g/mol. The van der Waals surface area contributed by atoms with Crippen LogP contribution in [0.15, 0.2) is 0 Å². The van der Waals surface area contributed by atoms with Crippen molar-refractivity contribution in [2.24, 2.45) is 5.92 Å². The van der Waals surface area contributed by atoms with Gasteiger partial charge in [0.2, 0.25) is 6.54 Å². The topological polar surface area (TPSA) is 43.1 Å². The van der Waals surface area contributed by atoms with Crippen molar-refractivity contribution < 1.29 is 4.92 Å². The first kappa shape index (κ1) is 16.4. The standard InChI is InChI=1S/C14H29NO2/c1-3-5-7-8-10-12-14(13-15(16)17)11-9-6-4-2/h14H,3-13H2,1-2H3. The third kappa shape index (κ3) is 11.7. The average Bonchev–Trinajstić information content (AvgIpc) is 2.28. The number of unbranched alkanes of at least 4 members (excludes halogenated alkanes) is 6. The molecule has 3 nitrogen and oxygen atoms in total. The Kier molecular flexibility index (Phi) is 11.5. The lowest BCUT2D eigenvalue weighted by Gasteiger charge is -2.12. The quantitative estimate of drug-likeness (QED) is 0.280. The zero-order valence-corrected chi connectivity index (χ0v) is 11.6. The van der Waals surface area contributed by atoms with Gasteiger partial charge in [-0.1, -0.05) is 65.2 Å². The van der Waals surface area contributed by atoms with Crippen molar-refractivity contribution >= 4 is 0 Å². The molecule has 0 N–H and O–H groups in total. The highest BCUT2D eigenvalue weighted by molar-refractivity contribution is 4.59. The van der Waals surface area contributed by atoms with Gasteiger partial charge < -0.3 is 0 Å². The molecule has 0 heterocycles. The fourth-order valence-electron chi connectivity index (χ4n) is 2.26. The van der Waals surface area contributed by atoms with Gasteiger partial charge in [-0.25, -0.2) is 0 Å². The molecule has 0 fully saturated rings. The van der Waals surface area contributed by atoms with Crippen LogP contribution < -0.4 is 0 Å². The van der Waals surface area contributed by atoms with Crippen LogP contribution in [0.3, 0.4) is 0 Å². The fraction of sp³-hybridized carbons (Fsp3) is 1.00.